The number of nitrogens with zero attached hydrogens (tertiary/aromatic N) is 1. The first-order valence-corrected chi connectivity index (χ1v) is 5.50. The highest BCUT2D eigenvalue weighted by molar-refractivity contribution is 6.01. The predicted octanol–water partition coefficient (Wildman–Crippen LogP) is 0.837. The molecule has 0 bridgehead atoms. The summed E-state index contributed by atoms with van der Waals surface area (Å²) >= 11 is 0. The second kappa shape index (κ2) is 4.53. The highest BCUT2D eigenvalue weighted by Crippen LogP contribution is 2.29. The van der Waals surface area contributed by atoms with Gasteiger partial charge in [-0.15, -0.1) is 0 Å². The van der Waals surface area contributed by atoms with E-state index in [1.807, 2.05) is 26.2 Å². The molecular formula is C12H17N3O. The summed E-state index contributed by atoms with van der Waals surface area (Å²) in [5.41, 5.74) is 3.23. The number of benzene rings is 1. The Morgan fingerprint density at radius 3 is 2.94 bits per heavy atom. The molecule has 0 spiro atoms. The van der Waals surface area contributed by atoms with Crippen LogP contribution in [0.25, 0.3) is 0 Å². The van der Waals surface area contributed by atoms with Gasteiger partial charge in [-0.05, 0) is 30.8 Å². The molecule has 0 aliphatic carbocycles. The molecule has 86 valence electrons. The summed E-state index contributed by atoms with van der Waals surface area (Å²) in [5.74, 6) is 0.169. The molecular weight excluding hydrogens is 202 g/mol. The summed E-state index contributed by atoms with van der Waals surface area (Å²) in [6, 6.07) is 6.08. The van der Waals surface area contributed by atoms with Crippen LogP contribution < -0.4 is 15.5 Å². The predicted molar refractivity (Wildman–Crippen MR) is 66.0 cm³/mol. The lowest BCUT2D eigenvalue weighted by molar-refractivity contribution is -0.117. The van der Waals surface area contributed by atoms with Crippen LogP contribution in [-0.2, 0) is 11.2 Å². The van der Waals surface area contributed by atoms with Crippen LogP contribution >= 0.6 is 0 Å². The smallest absolute Gasteiger partial charge is 0.231 e. The zero-order chi connectivity index (χ0) is 11.5. The number of amides is 1. The number of carbonyl (C=O) groups is 1. The van der Waals surface area contributed by atoms with Gasteiger partial charge >= 0.3 is 0 Å². The third-order valence-electron chi connectivity index (χ3n) is 2.86. The van der Waals surface area contributed by atoms with Gasteiger partial charge in [0.2, 0.25) is 5.91 Å². The van der Waals surface area contributed by atoms with E-state index in [2.05, 4.69) is 16.7 Å². The Labute approximate surface area is 95.6 Å². The van der Waals surface area contributed by atoms with Crippen molar-refractivity contribution >= 4 is 17.3 Å². The summed E-state index contributed by atoms with van der Waals surface area (Å²) < 4.78 is 0. The fourth-order valence-corrected chi connectivity index (χ4v) is 1.91. The minimum Gasteiger partial charge on any atom is -0.384 e. The lowest BCUT2D eigenvalue weighted by atomic mass is 10.1. The Morgan fingerprint density at radius 1 is 1.38 bits per heavy atom. The topological polar surface area (TPSA) is 44.4 Å². The molecule has 0 atom stereocenters. The standard InChI is InChI=1S/C12H17N3O/c1-13-5-6-14-10-3-4-11-9(7-10)8-12(16)15(11)2/h3-4,7,13-14H,5-6,8H2,1-2H3. The molecule has 0 radical (unpaired) electrons. The fraction of sp³-hybridized carbons (Fsp3) is 0.417. The molecule has 2 N–H and O–H groups in total. The van der Waals surface area contributed by atoms with Crippen LogP contribution in [0.3, 0.4) is 0 Å². The number of hydrogen-bond donors (Lipinski definition) is 2. The minimum absolute atomic E-state index is 0.169. The Hall–Kier alpha value is -1.55. The van der Waals surface area contributed by atoms with E-state index < -0.39 is 0 Å². The average Bonchev–Trinajstić information content (AvgIpc) is 2.55. The number of nitrogens with one attached hydrogen (secondary N) is 2. The Kier molecular flexibility index (Phi) is 3.10. The largest absolute Gasteiger partial charge is 0.384 e. The molecule has 1 aliphatic heterocycles. The molecule has 0 saturated carbocycles. The first-order chi connectivity index (χ1) is 7.72. The van der Waals surface area contributed by atoms with Crippen LogP contribution in [0.2, 0.25) is 0 Å². The monoisotopic (exact) mass is 219 g/mol. The van der Waals surface area contributed by atoms with E-state index in [1.165, 1.54) is 0 Å². The lowest BCUT2D eigenvalue weighted by Crippen LogP contribution is -2.20. The molecule has 0 saturated heterocycles. The van der Waals surface area contributed by atoms with Crippen LogP contribution in [0.4, 0.5) is 11.4 Å². The average molecular weight is 219 g/mol. The van der Waals surface area contributed by atoms with Crippen molar-refractivity contribution in [3.05, 3.63) is 23.8 Å². The number of carbonyl (C=O) groups excluding carboxylic acids is 1. The van der Waals surface area contributed by atoms with Gasteiger partial charge in [-0.25, -0.2) is 0 Å². The van der Waals surface area contributed by atoms with E-state index >= 15 is 0 Å². The molecule has 0 aromatic heterocycles. The molecule has 0 fully saturated rings. The molecule has 16 heavy (non-hydrogen) atoms. The van der Waals surface area contributed by atoms with Crippen LogP contribution in [0.15, 0.2) is 18.2 Å². The first kappa shape index (κ1) is 11.0. The van der Waals surface area contributed by atoms with Gasteiger partial charge in [-0.3, -0.25) is 4.79 Å². The Morgan fingerprint density at radius 2 is 2.19 bits per heavy atom. The van der Waals surface area contributed by atoms with E-state index in [0.29, 0.717) is 6.42 Å². The van der Waals surface area contributed by atoms with Gasteiger partial charge in [-0.2, -0.15) is 0 Å². The van der Waals surface area contributed by atoms with Crippen LogP contribution in [-0.4, -0.2) is 33.1 Å². The molecule has 1 aromatic rings. The Bertz CT molecular complexity index is 403. The van der Waals surface area contributed by atoms with Crippen molar-refractivity contribution in [2.75, 3.05) is 37.4 Å². The quantitative estimate of drug-likeness (QED) is 0.737. The van der Waals surface area contributed by atoms with Gasteiger partial charge in [0.25, 0.3) is 0 Å². The van der Waals surface area contributed by atoms with Gasteiger partial charge in [-0.1, -0.05) is 0 Å². The van der Waals surface area contributed by atoms with E-state index in [1.54, 1.807) is 4.90 Å². The van der Waals surface area contributed by atoms with Crippen molar-refractivity contribution < 1.29 is 4.79 Å². The number of likely N-dealkylation sites (N-methyl/N-ethyl adjacent to an activating group) is 2. The molecule has 4 heteroatoms. The molecule has 0 unspecified atom stereocenters. The summed E-state index contributed by atoms with van der Waals surface area (Å²) in [4.78, 5) is 13.2. The minimum atomic E-state index is 0.169. The van der Waals surface area contributed by atoms with Crippen molar-refractivity contribution in [3.8, 4) is 0 Å². The van der Waals surface area contributed by atoms with Crippen molar-refractivity contribution in [1.29, 1.82) is 0 Å². The molecule has 1 aliphatic rings. The van der Waals surface area contributed by atoms with Crippen LogP contribution in [0.5, 0.6) is 0 Å². The maximum Gasteiger partial charge on any atom is 0.231 e. The normalized spacial score (nSPS) is 14.1. The van der Waals surface area contributed by atoms with Crippen LogP contribution in [0.1, 0.15) is 5.56 Å². The molecule has 4 nitrogen and oxygen atoms in total. The number of anilines is 2. The maximum absolute atomic E-state index is 11.5. The summed E-state index contributed by atoms with van der Waals surface area (Å²) in [6.07, 6.45) is 0.521. The summed E-state index contributed by atoms with van der Waals surface area (Å²) in [6.45, 7) is 1.81. The van der Waals surface area contributed by atoms with Crippen molar-refractivity contribution in [1.82, 2.24) is 5.32 Å². The zero-order valence-electron chi connectivity index (χ0n) is 9.71. The third kappa shape index (κ3) is 2.02. The van der Waals surface area contributed by atoms with Gasteiger partial charge in [0.05, 0.1) is 6.42 Å². The summed E-state index contributed by atoms with van der Waals surface area (Å²) in [5, 5.41) is 6.39. The number of hydrogen-bond acceptors (Lipinski definition) is 3. The number of rotatable bonds is 4. The molecule has 1 aromatic carbocycles. The first-order valence-electron chi connectivity index (χ1n) is 5.50. The Balaban J connectivity index is 2.09. The van der Waals surface area contributed by atoms with Gasteiger partial charge in [0.15, 0.2) is 0 Å². The van der Waals surface area contributed by atoms with Gasteiger partial charge < -0.3 is 15.5 Å². The lowest BCUT2D eigenvalue weighted by Gasteiger charge is -2.11. The molecule has 1 amide bonds. The highest BCUT2D eigenvalue weighted by Gasteiger charge is 2.23. The highest BCUT2D eigenvalue weighted by atomic mass is 16.2. The molecule has 1 heterocycles. The summed E-state index contributed by atoms with van der Waals surface area (Å²) in [7, 11) is 3.75. The van der Waals surface area contributed by atoms with E-state index in [4.69, 9.17) is 0 Å². The SMILES string of the molecule is CNCCNc1ccc2c(c1)CC(=O)N2C. The van der Waals surface area contributed by atoms with Gasteiger partial charge in [0.1, 0.15) is 0 Å². The van der Waals surface area contributed by atoms with E-state index in [0.717, 1.165) is 30.0 Å². The maximum atomic E-state index is 11.5. The number of fused-ring (bicyclic) bond motifs is 1. The zero-order valence-corrected chi connectivity index (χ0v) is 9.71. The third-order valence-corrected chi connectivity index (χ3v) is 2.86. The van der Waals surface area contributed by atoms with E-state index in [9.17, 15) is 4.79 Å². The second-order valence-corrected chi connectivity index (χ2v) is 4.00. The second-order valence-electron chi connectivity index (χ2n) is 4.00. The van der Waals surface area contributed by atoms with Gasteiger partial charge in [0, 0.05) is 31.5 Å². The van der Waals surface area contributed by atoms with Crippen LogP contribution in [0, 0.1) is 0 Å². The van der Waals surface area contributed by atoms with Crippen molar-refractivity contribution in [2.45, 2.75) is 6.42 Å². The fourth-order valence-electron chi connectivity index (χ4n) is 1.91. The van der Waals surface area contributed by atoms with E-state index in [-0.39, 0.29) is 5.91 Å². The van der Waals surface area contributed by atoms with Crippen molar-refractivity contribution in [2.24, 2.45) is 0 Å². The van der Waals surface area contributed by atoms with Crippen molar-refractivity contribution in [3.63, 3.8) is 0 Å². The molecule has 2 rings (SSSR count).